The predicted molar refractivity (Wildman–Crippen MR) is 84.0 cm³/mol. The van der Waals surface area contributed by atoms with Gasteiger partial charge in [-0.1, -0.05) is 12.1 Å². The average molecular weight is 367 g/mol. The number of rotatable bonds is 4. The van der Waals surface area contributed by atoms with Gasteiger partial charge in [-0.25, -0.2) is 13.2 Å². The fourth-order valence-electron chi connectivity index (χ4n) is 2.54. The molecule has 1 atom stereocenters. The Morgan fingerprint density at radius 2 is 2.12 bits per heavy atom. The van der Waals surface area contributed by atoms with Crippen LogP contribution in [-0.2, 0) is 26.5 Å². The van der Waals surface area contributed by atoms with Crippen LogP contribution in [0.1, 0.15) is 22.3 Å². The Morgan fingerprint density at radius 1 is 1.36 bits per heavy atom. The van der Waals surface area contributed by atoms with E-state index >= 15 is 0 Å². The fourth-order valence-corrected chi connectivity index (χ4v) is 4.14. The molecule has 0 saturated carbocycles. The van der Waals surface area contributed by atoms with Gasteiger partial charge in [0.2, 0.25) is 15.8 Å². The molecule has 11 heteroatoms. The summed E-state index contributed by atoms with van der Waals surface area (Å²) in [6.45, 7) is 0.376. The van der Waals surface area contributed by atoms with Crippen LogP contribution < -0.4 is 0 Å². The summed E-state index contributed by atoms with van der Waals surface area (Å²) in [7, 11) is -1.10. The normalized spacial score (nSPS) is 18.9. The van der Waals surface area contributed by atoms with Gasteiger partial charge in [-0.05, 0) is 17.3 Å². The van der Waals surface area contributed by atoms with Crippen LogP contribution in [0, 0.1) is 0 Å². The lowest BCUT2D eigenvalue weighted by Gasteiger charge is -2.30. The second-order valence-corrected chi connectivity index (χ2v) is 7.25. The van der Waals surface area contributed by atoms with Gasteiger partial charge >= 0.3 is 5.97 Å². The number of morpholine rings is 1. The number of hydrogen-bond acceptors (Lipinski definition) is 8. The maximum Gasteiger partial charge on any atom is 0.339 e. The molecule has 0 amide bonds. The van der Waals surface area contributed by atoms with E-state index in [1.165, 1.54) is 28.3 Å². The third kappa shape index (κ3) is 3.38. The van der Waals surface area contributed by atoms with Gasteiger partial charge in [0.1, 0.15) is 6.10 Å². The van der Waals surface area contributed by atoms with Gasteiger partial charge in [0.25, 0.3) is 0 Å². The van der Waals surface area contributed by atoms with Crippen LogP contribution in [0.5, 0.6) is 0 Å². The van der Waals surface area contributed by atoms with Crippen molar-refractivity contribution < 1.29 is 22.7 Å². The van der Waals surface area contributed by atoms with Gasteiger partial charge in [0.15, 0.2) is 0 Å². The summed E-state index contributed by atoms with van der Waals surface area (Å²) in [5.74, 6) is -0.400. The maximum atomic E-state index is 13.0. The van der Waals surface area contributed by atoms with Crippen LogP contribution in [0.3, 0.4) is 0 Å². The largest absolute Gasteiger partial charge is 0.465 e. The van der Waals surface area contributed by atoms with Crippen LogP contribution in [0.25, 0.3) is 0 Å². The fraction of sp³-hybridized carbons (Fsp3) is 0.429. The Kier molecular flexibility index (Phi) is 4.79. The molecule has 1 aromatic heterocycles. The van der Waals surface area contributed by atoms with Gasteiger partial charge in [-0.3, -0.25) is 0 Å². The molecule has 1 fully saturated rings. The minimum Gasteiger partial charge on any atom is -0.465 e. The Bertz CT molecular complexity index is 881. The number of ether oxygens (including phenoxy) is 2. The third-order valence-electron chi connectivity index (χ3n) is 3.75. The molecule has 3 rings (SSSR count). The van der Waals surface area contributed by atoms with E-state index in [1.807, 2.05) is 0 Å². The smallest absolute Gasteiger partial charge is 0.339 e. The first-order valence-electron chi connectivity index (χ1n) is 7.46. The zero-order chi connectivity index (χ0) is 18.0. The highest BCUT2D eigenvalue weighted by Gasteiger charge is 2.35. The van der Waals surface area contributed by atoms with Crippen LogP contribution in [-0.4, -0.2) is 65.7 Å². The van der Waals surface area contributed by atoms with Crippen LogP contribution in [0.15, 0.2) is 29.2 Å². The number of sulfonamides is 1. The van der Waals surface area contributed by atoms with Crippen molar-refractivity contribution in [3.8, 4) is 0 Å². The topological polar surface area (TPSA) is 117 Å². The molecule has 0 bridgehead atoms. The van der Waals surface area contributed by atoms with Crippen molar-refractivity contribution in [2.45, 2.75) is 11.0 Å². The maximum absolute atomic E-state index is 13.0. The van der Waals surface area contributed by atoms with E-state index in [-0.39, 0.29) is 30.2 Å². The molecule has 0 aliphatic carbocycles. The SMILES string of the molecule is COC(=O)c1ccccc1S(=O)(=O)N1CCOC(c2nnn(C)n2)C1. The second kappa shape index (κ2) is 6.86. The highest BCUT2D eigenvalue weighted by molar-refractivity contribution is 7.89. The van der Waals surface area contributed by atoms with Crippen molar-refractivity contribution >= 4 is 16.0 Å². The van der Waals surface area contributed by atoms with E-state index in [0.29, 0.717) is 5.82 Å². The average Bonchev–Trinajstić information content (AvgIpc) is 3.07. The molecular formula is C14H17N5O5S. The molecule has 1 aliphatic heterocycles. The lowest BCUT2D eigenvalue weighted by atomic mass is 10.2. The summed E-state index contributed by atoms with van der Waals surface area (Å²) in [6, 6.07) is 5.94. The highest BCUT2D eigenvalue weighted by atomic mass is 32.2. The summed E-state index contributed by atoms with van der Waals surface area (Å²) in [5.41, 5.74) is -0.00864. The van der Waals surface area contributed by atoms with Crippen molar-refractivity contribution in [2.75, 3.05) is 26.8 Å². The first-order chi connectivity index (χ1) is 11.9. The monoisotopic (exact) mass is 367 g/mol. The number of esters is 1. The standard InChI is InChI=1S/C14H17N5O5S/c1-18-16-13(15-17-18)11-9-19(7-8-24-11)25(21,22)12-6-4-3-5-10(12)14(20)23-2/h3-6,11H,7-9H2,1-2H3. The Hall–Kier alpha value is -2.37. The van der Waals surface area contributed by atoms with Gasteiger partial charge in [-0.15, -0.1) is 10.2 Å². The number of methoxy groups -OCH3 is 1. The number of aryl methyl sites for hydroxylation is 1. The molecule has 0 N–H and O–H groups in total. The minimum absolute atomic E-state index is 0.00864. The van der Waals surface area contributed by atoms with E-state index in [0.717, 1.165) is 0 Å². The molecule has 10 nitrogen and oxygen atoms in total. The van der Waals surface area contributed by atoms with Crippen LogP contribution in [0.4, 0.5) is 0 Å². The lowest BCUT2D eigenvalue weighted by Crippen LogP contribution is -2.42. The summed E-state index contributed by atoms with van der Waals surface area (Å²) in [6.07, 6.45) is -0.623. The van der Waals surface area contributed by atoms with E-state index in [4.69, 9.17) is 4.74 Å². The number of hydrogen-bond donors (Lipinski definition) is 0. The molecule has 2 heterocycles. The number of benzene rings is 1. The highest BCUT2D eigenvalue weighted by Crippen LogP contribution is 2.26. The van der Waals surface area contributed by atoms with Crippen molar-refractivity contribution in [2.24, 2.45) is 7.05 Å². The van der Waals surface area contributed by atoms with E-state index < -0.39 is 22.1 Å². The van der Waals surface area contributed by atoms with Crippen molar-refractivity contribution in [3.05, 3.63) is 35.7 Å². The summed E-state index contributed by atoms with van der Waals surface area (Å²) in [4.78, 5) is 13.1. The second-order valence-electron chi connectivity index (χ2n) is 5.35. The molecular weight excluding hydrogens is 350 g/mol. The summed E-state index contributed by atoms with van der Waals surface area (Å²) < 4.78 is 37.5. The molecule has 25 heavy (non-hydrogen) atoms. The first-order valence-corrected chi connectivity index (χ1v) is 8.90. The Balaban J connectivity index is 1.91. The molecule has 0 radical (unpaired) electrons. The first kappa shape index (κ1) is 17.5. The number of aromatic nitrogens is 4. The molecule has 1 unspecified atom stereocenters. The molecule has 2 aromatic rings. The number of tetrazole rings is 1. The minimum atomic E-state index is -3.91. The van der Waals surface area contributed by atoms with Gasteiger partial charge in [0.05, 0.1) is 31.2 Å². The van der Waals surface area contributed by atoms with Gasteiger partial charge < -0.3 is 9.47 Å². The van der Waals surface area contributed by atoms with Crippen molar-refractivity contribution in [1.82, 2.24) is 24.5 Å². The number of carbonyl (C=O) groups is 1. The summed E-state index contributed by atoms with van der Waals surface area (Å²) >= 11 is 0. The van der Waals surface area contributed by atoms with Crippen molar-refractivity contribution in [1.29, 1.82) is 0 Å². The van der Waals surface area contributed by atoms with Crippen molar-refractivity contribution in [3.63, 3.8) is 0 Å². The van der Waals surface area contributed by atoms with Gasteiger partial charge in [-0.2, -0.15) is 9.10 Å². The number of nitrogens with zero attached hydrogens (tertiary/aromatic N) is 5. The van der Waals surface area contributed by atoms with E-state index in [2.05, 4.69) is 20.1 Å². The summed E-state index contributed by atoms with van der Waals surface area (Å²) in [5, 5.41) is 11.7. The Morgan fingerprint density at radius 3 is 2.80 bits per heavy atom. The lowest BCUT2D eigenvalue weighted by molar-refractivity contribution is -0.00767. The zero-order valence-corrected chi connectivity index (χ0v) is 14.5. The third-order valence-corrected chi connectivity index (χ3v) is 5.67. The molecule has 1 saturated heterocycles. The van der Waals surface area contributed by atoms with E-state index in [9.17, 15) is 13.2 Å². The zero-order valence-electron chi connectivity index (χ0n) is 13.7. The van der Waals surface area contributed by atoms with Crippen LogP contribution in [0.2, 0.25) is 0 Å². The molecule has 0 spiro atoms. The predicted octanol–water partition coefficient (Wildman–Crippen LogP) is -0.241. The van der Waals surface area contributed by atoms with Gasteiger partial charge in [0, 0.05) is 13.1 Å². The van der Waals surface area contributed by atoms with Crippen LogP contribution >= 0.6 is 0 Å². The molecule has 1 aliphatic rings. The molecule has 1 aromatic carbocycles. The quantitative estimate of drug-likeness (QED) is 0.680. The number of carbonyl (C=O) groups excluding carboxylic acids is 1. The Labute approximate surface area is 144 Å². The molecule has 134 valence electrons. The van der Waals surface area contributed by atoms with E-state index in [1.54, 1.807) is 19.2 Å².